The second kappa shape index (κ2) is 4.89. The van der Waals surface area contributed by atoms with Crippen LogP contribution in [0.25, 0.3) is 0 Å². The van der Waals surface area contributed by atoms with E-state index in [1.807, 2.05) is 23.9 Å². The monoisotopic (exact) mass is 237 g/mol. The molecule has 1 heterocycles. The summed E-state index contributed by atoms with van der Waals surface area (Å²) in [5, 5.41) is 0. The molecule has 0 bridgehead atoms. The molecule has 1 aromatic carbocycles. The van der Waals surface area contributed by atoms with E-state index in [-0.39, 0.29) is 5.97 Å². The van der Waals surface area contributed by atoms with Crippen molar-refractivity contribution in [2.24, 2.45) is 5.73 Å². The second-order valence-electron chi connectivity index (χ2n) is 3.91. The van der Waals surface area contributed by atoms with E-state index in [1.54, 1.807) is 0 Å². The number of benzene rings is 1. The Balaban J connectivity index is 2.06. The Morgan fingerprint density at radius 3 is 3.12 bits per heavy atom. The standard InChI is InChI=1S/C12H15NO2S/c1-15-12(14)10(13)6-8-7-16-11-5-3-2-4-9(8)11/h2-5,8,10H,6-7,13H2,1H3. The summed E-state index contributed by atoms with van der Waals surface area (Å²) in [5.74, 6) is 1.05. The fourth-order valence-corrected chi connectivity index (χ4v) is 3.25. The molecule has 0 spiro atoms. The molecular weight excluding hydrogens is 222 g/mol. The molecule has 1 aliphatic rings. The zero-order chi connectivity index (χ0) is 11.5. The maximum atomic E-state index is 11.3. The van der Waals surface area contributed by atoms with Crippen molar-refractivity contribution in [2.45, 2.75) is 23.3 Å². The maximum absolute atomic E-state index is 11.3. The summed E-state index contributed by atoms with van der Waals surface area (Å²) in [4.78, 5) is 12.6. The van der Waals surface area contributed by atoms with Gasteiger partial charge in [-0.25, -0.2) is 0 Å². The van der Waals surface area contributed by atoms with Gasteiger partial charge < -0.3 is 10.5 Å². The number of methoxy groups -OCH3 is 1. The van der Waals surface area contributed by atoms with Crippen LogP contribution in [0.4, 0.5) is 0 Å². The minimum atomic E-state index is -0.512. The normalized spacial score (nSPS) is 20.2. The lowest BCUT2D eigenvalue weighted by molar-refractivity contribution is -0.142. The van der Waals surface area contributed by atoms with Crippen molar-refractivity contribution in [1.29, 1.82) is 0 Å². The van der Waals surface area contributed by atoms with Crippen LogP contribution in [0.3, 0.4) is 0 Å². The number of hydrogen-bond donors (Lipinski definition) is 1. The van der Waals surface area contributed by atoms with Gasteiger partial charge in [0.15, 0.2) is 0 Å². The smallest absolute Gasteiger partial charge is 0.322 e. The van der Waals surface area contributed by atoms with Crippen molar-refractivity contribution in [3.05, 3.63) is 29.8 Å². The minimum Gasteiger partial charge on any atom is -0.468 e. The summed E-state index contributed by atoms with van der Waals surface area (Å²) in [5.41, 5.74) is 7.09. The third-order valence-electron chi connectivity index (χ3n) is 2.84. The van der Waals surface area contributed by atoms with E-state index in [2.05, 4.69) is 16.9 Å². The molecule has 1 aromatic rings. The number of thioether (sulfide) groups is 1. The Morgan fingerprint density at radius 2 is 2.38 bits per heavy atom. The Hall–Kier alpha value is -1.00. The lowest BCUT2D eigenvalue weighted by Crippen LogP contribution is -2.33. The van der Waals surface area contributed by atoms with Crippen LogP contribution in [0.5, 0.6) is 0 Å². The highest BCUT2D eigenvalue weighted by Gasteiger charge is 2.27. The summed E-state index contributed by atoms with van der Waals surface area (Å²) in [7, 11) is 1.37. The topological polar surface area (TPSA) is 52.3 Å². The van der Waals surface area contributed by atoms with Gasteiger partial charge in [-0.1, -0.05) is 18.2 Å². The van der Waals surface area contributed by atoms with Crippen molar-refractivity contribution in [1.82, 2.24) is 0 Å². The number of rotatable bonds is 3. The molecule has 0 fully saturated rings. The van der Waals surface area contributed by atoms with Gasteiger partial charge in [0.05, 0.1) is 7.11 Å². The molecule has 1 aliphatic heterocycles. The molecule has 0 aromatic heterocycles. The molecule has 0 radical (unpaired) electrons. The maximum Gasteiger partial charge on any atom is 0.322 e. The lowest BCUT2D eigenvalue weighted by atomic mass is 9.94. The molecule has 0 amide bonds. The Labute approximate surface area is 99.4 Å². The molecule has 0 aliphatic carbocycles. The molecule has 2 unspecified atom stereocenters. The summed E-state index contributed by atoms with van der Waals surface area (Å²) < 4.78 is 4.64. The predicted molar refractivity (Wildman–Crippen MR) is 64.5 cm³/mol. The summed E-state index contributed by atoms with van der Waals surface area (Å²) in [6.45, 7) is 0. The predicted octanol–water partition coefficient (Wildman–Crippen LogP) is 1.77. The fourth-order valence-electron chi connectivity index (χ4n) is 1.98. The number of hydrogen-bond acceptors (Lipinski definition) is 4. The van der Waals surface area contributed by atoms with E-state index in [0.717, 1.165) is 5.75 Å². The van der Waals surface area contributed by atoms with Gasteiger partial charge in [-0.2, -0.15) is 0 Å². The van der Waals surface area contributed by atoms with E-state index in [9.17, 15) is 4.79 Å². The van der Waals surface area contributed by atoms with E-state index in [4.69, 9.17) is 5.73 Å². The zero-order valence-electron chi connectivity index (χ0n) is 9.18. The molecule has 2 atom stereocenters. The summed E-state index contributed by atoms with van der Waals surface area (Å²) in [6, 6.07) is 7.78. The molecule has 4 heteroatoms. The Morgan fingerprint density at radius 1 is 1.62 bits per heavy atom. The van der Waals surface area contributed by atoms with Gasteiger partial charge in [0.2, 0.25) is 0 Å². The van der Waals surface area contributed by atoms with E-state index in [1.165, 1.54) is 17.6 Å². The first-order valence-corrected chi connectivity index (χ1v) is 6.26. The zero-order valence-corrected chi connectivity index (χ0v) is 10.00. The summed E-state index contributed by atoms with van der Waals surface area (Å²) in [6.07, 6.45) is 0.663. The molecule has 0 saturated heterocycles. The molecule has 0 saturated carbocycles. The highest BCUT2D eigenvalue weighted by Crippen LogP contribution is 2.41. The van der Waals surface area contributed by atoms with E-state index >= 15 is 0 Å². The van der Waals surface area contributed by atoms with Crippen LogP contribution in [-0.2, 0) is 9.53 Å². The van der Waals surface area contributed by atoms with Gasteiger partial charge in [0, 0.05) is 10.6 Å². The van der Waals surface area contributed by atoms with Crippen molar-refractivity contribution < 1.29 is 9.53 Å². The van der Waals surface area contributed by atoms with Crippen LogP contribution in [0.15, 0.2) is 29.2 Å². The summed E-state index contributed by atoms with van der Waals surface area (Å²) >= 11 is 1.83. The number of carbonyl (C=O) groups excluding carboxylic acids is 1. The van der Waals surface area contributed by atoms with Crippen LogP contribution in [0.2, 0.25) is 0 Å². The number of ether oxygens (including phenoxy) is 1. The van der Waals surface area contributed by atoms with Gasteiger partial charge in [-0.3, -0.25) is 4.79 Å². The first kappa shape index (κ1) is 11.5. The number of carbonyl (C=O) groups is 1. The average molecular weight is 237 g/mol. The molecular formula is C12H15NO2S. The van der Waals surface area contributed by atoms with Gasteiger partial charge in [0.1, 0.15) is 6.04 Å². The Bertz CT molecular complexity index is 394. The largest absolute Gasteiger partial charge is 0.468 e. The Kier molecular flexibility index (Phi) is 3.51. The van der Waals surface area contributed by atoms with E-state index in [0.29, 0.717) is 12.3 Å². The number of nitrogens with two attached hydrogens (primary N) is 1. The highest BCUT2D eigenvalue weighted by molar-refractivity contribution is 7.99. The minimum absolute atomic E-state index is 0.325. The highest BCUT2D eigenvalue weighted by atomic mass is 32.2. The van der Waals surface area contributed by atoms with Crippen LogP contribution in [0.1, 0.15) is 17.9 Å². The second-order valence-corrected chi connectivity index (χ2v) is 4.97. The number of esters is 1. The quantitative estimate of drug-likeness (QED) is 0.814. The third-order valence-corrected chi connectivity index (χ3v) is 4.09. The molecule has 3 nitrogen and oxygen atoms in total. The van der Waals surface area contributed by atoms with Crippen molar-refractivity contribution >= 4 is 17.7 Å². The van der Waals surface area contributed by atoms with Gasteiger partial charge in [-0.05, 0) is 24.0 Å². The van der Waals surface area contributed by atoms with Crippen LogP contribution in [-0.4, -0.2) is 24.9 Å². The van der Waals surface area contributed by atoms with Gasteiger partial charge in [-0.15, -0.1) is 11.8 Å². The third kappa shape index (κ3) is 2.23. The van der Waals surface area contributed by atoms with Crippen molar-refractivity contribution in [2.75, 3.05) is 12.9 Å². The van der Waals surface area contributed by atoms with Crippen LogP contribution in [0, 0.1) is 0 Å². The van der Waals surface area contributed by atoms with Gasteiger partial charge >= 0.3 is 5.97 Å². The fraction of sp³-hybridized carbons (Fsp3) is 0.417. The van der Waals surface area contributed by atoms with Crippen molar-refractivity contribution in [3.63, 3.8) is 0 Å². The van der Waals surface area contributed by atoms with Crippen LogP contribution < -0.4 is 5.73 Å². The number of fused-ring (bicyclic) bond motifs is 1. The van der Waals surface area contributed by atoms with Gasteiger partial charge in [0.25, 0.3) is 0 Å². The lowest BCUT2D eigenvalue weighted by Gasteiger charge is -2.14. The molecule has 2 N–H and O–H groups in total. The molecule has 86 valence electrons. The van der Waals surface area contributed by atoms with Crippen LogP contribution >= 0.6 is 11.8 Å². The SMILES string of the molecule is COC(=O)C(N)CC1CSc2ccccc21. The first-order chi connectivity index (χ1) is 7.72. The molecule has 2 rings (SSSR count). The molecule has 16 heavy (non-hydrogen) atoms. The first-order valence-electron chi connectivity index (χ1n) is 5.27. The van der Waals surface area contributed by atoms with Crippen molar-refractivity contribution in [3.8, 4) is 0 Å². The average Bonchev–Trinajstić information content (AvgIpc) is 2.72. The van der Waals surface area contributed by atoms with E-state index < -0.39 is 6.04 Å².